The van der Waals surface area contributed by atoms with Crippen molar-refractivity contribution in [2.45, 2.75) is 0 Å². The van der Waals surface area contributed by atoms with Gasteiger partial charge in [-0.1, -0.05) is 12.1 Å². The zero-order valence-electron chi connectivity index (χ0n) is 14.1. The van der Waals surface area contributed by atoms with E-state index in [0.29, 0.717) is 13.1 Å². The number of hydrogen-bond acceptors (Lipinski definition) is 4. The van der Waals surface area contributed by atoms with Crippen LogP contribution in [-0.4, -0.2) is 51.8 Å². The Hall–Kier alpha value is -2.42. The fourth-order valence-corrected chi connectivity index (χ4v) is 3.67. The summed E-state index contributed by atoms with van der Waals surface area (Å²) in [5.41, 5.74) is 0.775. The van der Waals surface area contributed by atoms with Crippen molar-refractivity contribution in [3.05, 3.63) is 70.1 Å². The first-order valence-electron chi connectivity index (χ1n) is 8.48. The lowest BCUT2D eigenvalue weighted by molar-refractivity contribution is 0.0745. The van der Waals surface area contributed by atoms with Gasteiger partial charge in [-0.05, 0) is 59.0 Å². The van der Waals surface area contributed by atoms with Crippen molar-refractivity contribution in [2.24, 2.45) is 0 Å². The van der Waals surface area contributed by atoms with Crippen molar-refractivity contribution in [3.63, 3.8) is 0 Å². The molecule has 1 aliphatic rings. The van der Waals surface area contributed by atoms with E-state index in [2.05, 4.69) is 37.7 Å². The molecule has 1 saturated heterocycles. The van der Waals surface area contributed by atoms with E-state index < -0.39 is 0 Å². The lowest BCUT2D eigenvalue weighted by atomic mass is 10.2. The highest BCUT2D eigenvalue weighted by Crippen LogP contribution is 2.18. The van der Waals surface area contributed by atoms with Gasteiger partial charge in [-0.2, -0.15) is 0 Å². The minimum absolute atomic E-state index is 0.101. The molecule has 1 aromatic carbocycles. The van der Waals surface area contributed by atoms with E-state index >= 15 is 0 Å². The molecule has 7 heteroatoms. The van der Waals surface area contributed by atoms with Crippen LogP contribution >= 0.6 is 22.6 Å². The second-order valence-corrected chi connectivity index (χ2v) is 7.26. The fraction of sp³-hybridized carbons (Fsp3) is 0.211. The number of nitrogens with zero attached hydrogens (tertiary/aromatic N) is 5. The van der Waals surface area contributed by atoms with Gasteiger partial charge in [0.2, 0.25) is 0 Å². The van der Waals surface area contributed by atoms with Crippen molar-refractivity contribution in [2.75, 3.05) is 31.1 Å². The minimum atomic E-state index is 0.101. The van der Waals surface area contributed by atoms with Crippen LogP contribution in [-0.2, 0) is 0 Å². The van der Waals surface area contributed by atoms with Gasteiger partial charge in [-0.3, -0.25) is 4.79 Å². The summed E-state index contributed by atoms with van der Waals surface area (Å²) in [4.78, 5) is 16.8. The van der Waals surface area contributed by atoms with Crippen molar-refractivity contribution >= 4 is 34.3 Å². The van der Waals surface area contributed by atoms with Gasteiger partial charge < -0.3 is 14.4 Å². The molecule has 6 nitrogen and oxygen atoms in total. The largest absolute Gasteiger partial charge is 0.352 e. The Morgan fingerprint density at radius 1 is 0.846 bits per heavy atom. The monoisotopic (exact) mass is 459 g/mol. The van der Waals surface area contributed by atoms with Crippen molar-refractivity contribution in [3.8, 4) is 5.82 Å². The highest BCUT2D eigenvalue weighted by Gasteiger charge is 2.24. The second-order valence-electron chi connectivity index (χ2n) is 6.10. The Morgan fingerprint density at radius 3 is 2.15 bits per heavy atom. The van der Waals surface area contributed by atoms with Crippen LogP contribution in [0, 0.1) is 3.57 Å². The van der Waals surface area contributed by atoms with Crippen LogP contribution in [0.4, 0.5) is 5.82 Å². The Bertz CT molecular complexity index is 887. The lowest BCUT2D eigenvalue weighted by Crippen LogP contribution is -2.49. The van der Waals surface area contributed by atoms with E-state index in [-0.39, 0.29) is 5.91 Å². The first-order chi connectivity index (χ1) is 12.7. The van der Waals surface area contributed by atoms with E-state index in [1.165, 1.54) is 0 Å². The maximum atomic E-state index is 12.7. The molecule has 2 aromatic heterocycles. The van der Waals surface area contributed by atoms with E-state index in [4.69, 9.17) is 0 Å². The Balaban J connectivity index is 1.40. The highest BCUT2D eigenvalue weighted by molar-refractivity contribution is 14.1. The molecule has 0 unspecified atom stereocenters. The quantitative estimate of drug-likeness (QED) is 0.566. The van der Waals surface area contributed by atoms with Crippen LogP contribution in [0.1, 0.15) is 10.4 Å². The van der Waals surface area contributed by atoms with Crippen LogP contribution < -0.4 is 4.90 Å². The van der Waals surface area contributed by atoms with Crippen molar-refractivity contribution in [1.29, 1.82) is 0 Å². The van der Waals surface area contributed by atoms with Gasteiger partial charge in [0.05, 0.1) is 5.56 Å². The predicted molar refractivity (Wildman–Crippen MR) is 109 cm³/mol. The third-order valence-electron chi connectivity index (χ3n) is 4.50. The average molecular weight is 459 g/mol. The van der Waals surface area contributed by atoms with Crippen LogP contribution in [0.2, 0.25) is 0 Å². The van der Waals surface area contributed by atoms with Crippen molar-refractivity contribution < 1.29 is 4.79 Å². The number of rotatable bonds is 3. The van der Waals surface area contributed by atoms with Gasteiger partial charge in [-0.25, -0.2) is 0 Å². The van der Waals surface area contributed by atoms with E-state index in [1.807, 2.05) is 70.4 Å². The number of hydrogen-bond donors (Lipinski definition) is 0. The molecular formula is C19H18IN5O. The SMILES string of the molecule is O=C(c1ccccc1I)N1CCN(c2ccc(-n3cccc3)nn2)CC1. The molecule has 4 rings (SSSR count). The molecule has 1 fully saturated rings. The molecule has 0 N–H and O–H groups in total. The lowest BCUT2D eigenvalue weighted by Gasteiger charge is -2.35. The normalized spacial score (nSPS) is 14.5. The molecule has 0 atom stereocenters. The first kappa shape index (κ1) is 17.0. The van der Waals surface area contributed by atoms with Gasteiger partial charge in [-0.15, -0.1) is 10.2 Å². The van der Waals surface area contributed by atoms with Gasteiger partial charge in [0.15, 0.2) is 11.6 Å². The minimum Gasteiger partial charge on any atom is -0.352 e. The second kappa shape index (κ2) is 7.45. The number of aromatic nitrogens is 3. The molecule has 3 aromatic rings. The van der Waals surface area contributed by atoms with Crippen LogP contribution in [0.3, 0.4) is 0 Å². The van der Waals surface area contributed by atoms with E-state index in [1.54, 1.807) is 0 Å². The average Bonchev–Trinajstić information content (AvgIpc) is 3.23. The fourth-order valence-electron chi connectivity index (χ4n) is 3.06. The maximum Gasteiger partial charge on any atom is 0.255 e. The number of anilines is 1. The summed E-state index contributed by atoms with van der Waals surface area (Å²) in [6, 6.07) is 15.6. The van der Waals surface area contributed by atoms with Gasteiger partial charge >= 0.3 is 0 Å². The van der Waals surface area contributed by atoms with Crippen LogP contribution in [0.15, 0.2) is 60.9 Å². The molecule has 0 radical (unpaired) electrons. The van der Waals surface area contributed by atoms with Gasteiger partial charge in [0.1, 0.15) is 0 Å². The molecule has 0 saturated carbocycles. The van der Waals surface area contributed by atoms with Gasteiger partial charge in [0, 0.05) is 42.1 Å². The summed E-state index contributed by atoms with van der Waals surface area (Å²) in [6.07, 6.45) is 3.89. The summed E-state index contributed by atoms with van der Waals surface area (Å²) >= 11 is 2.21. The van der Waals surface area contributed by atoms with Crippen LogP contribution in [0.25, 0.3) is 5.82 Å². The Kier molecular flexibility index (Phi) is 4.87. The van der Waals surface area contributed by atoms with Crippen molar-refractivity contribution in [1.82, 2.24) is 19.7 Å². The number of benzene rings is 1. The molecule has 0 aliphatic carbocycles. The number of amides is 1. The predicted octanol–water partition coefficient (Wildman–Crippen LogP) is 2.83. The topological polar surface area (TPSA) is 54.3 Å². The molecule has 1 aliphatic heterocycles. The standard InChI is InChI=1S/C19H18IN5O/c20-16-6-2-1-5-15(16)19(26)25-13-11-24(12-14-25)18-8-7-17(21-22-18)23-9-3-4-10-23/h1-10H,11-14H2. The first-order valence-corrected chi connectivity index (χ1v) is 9.56. The molecule has 0 spiro atoms. The van der Waals surface area contributed by atoms with E-state index in [9.17, 15) is 4.79 Å². The van der Waals surface area contributed by atoms with Crippen LogP contribution in [0.5, 0.6) is 0 Å². The molecule has 3 heterocycles. The third kappa shape index (κ3) is 3.44. The summed E-state index contributed by atoms with van der Waals surface area (Å²) in [6.45, 7) is 2.88. The summed E-state index contributed by atoms with van der Waals surface area (Å²) in [5, 5.41) is 8.65. The zero-order chi connectivity index (χ0) is 17.9. The zero-order valence-corrected chi connectivity index (χ0v) is 16.3. The summed E-state index contributed by atoms with van der Waals surface area (Å²) in [7, 11) is 0. The number of halogens is 1. The molecule has 132 valence electrons. The molecule has 1 amide bonds. The maximum absolute atomic E-state index is 12.7. The highest BCUT2D eigenvalue weighted by atomic mass is 127. The summed E-state index contributed by atoms with van der Waals surface area (Å²) < 4.78 is 2.92. The third-order valence-corrected chi connectivity index (χ3v) is 5.44. The number of carbonyl (C=O) groups excluding carboxylic acids is 1. The smallest absolute Gasteiger partial charge is 0.255 e. The molecular weight excluding hydrogens is 441 g/mol. The summed E-state index contributed by atoms with van der Waals surface area (Å²) in [5.74, 6) is 1.75. The number of piperazine rings is 1. The Labute approximate surface area is 165 Å². The number of carbonyl (C=O) groups is 1. The van der Waals surface area contributed by atoms with Gasteiger partial charge in [0.25, 0.3) is 5.91 Å². The van der Waals surface area contributed by atoms with E-state index in [0.717, 1.165) is 33.9 Å². The Morgan fingerprint density at radius 2 is 1.50 bits per heavy atom. The molecule has 0 bridgehead atoms. The molecule has 26 heavy (non-hydrogen) atoms.